The Hall–Kier alpha value is -2.53. The fraction of sp³-hybridized carbons (Fsp3) is 0.167. The highest BCUT2D eigenvalue weighted by Gasteiger charge is 2.21. The standard InChI is InChI=1S/C18H17NO/c1-3-14-19(15(2)16-10-6-4-7-11-16)18(20)17-12-8-5-9-13-17/h4-13,15H,1-2H3/t15-/m0/s1. The Morgan fingerprint density at radius 1 is 1.00 bits per heavy atom. The molecule has 0 N–H and O–H groups in total. The summed E-state index contributed by atoms with van der Waals surface area (Å²) in [5.74, 6) is 2.75. The summed E-state index contributed by atoms with van der Waals surface area (Å²) in [7, 11) is 0. The molecule has 0 saturated carbocycles. The Morgan fingerprint density at radius 3 is 2.10 bits per heavy atom. The van der Waals surface area contributed by atoms with Crippen molar-refractivity contribution in [1.82, 2.24) is 4.90 Å². The van der Waals surface area contributed by atoms with E-state index >= 15 is 0 Å². The molecule has 0 radical (unpaired) electrons. The van der Waals surface area contributed by atoms with Crippen LogP contribution in [0.25, 0.3) is 0 Å². The molecule has 100 valence electrons. The van der Waals surface area contributed by atoms with Crippen molar-refractivity contribution in [3.05, 3.63) is 71.8 Å². The lowest BCUT2D eigenvalue weighted by molar-refractivity contribution is 0.0793. The maximum atomic E-state index is 12.6. The highest BCUT2D eigenvalue weighted by atomic mass is 16.2. The maximum Gasteiger partial charge on any atom is 0.265 e. The third kappa shape index (κ3) is 3.07. The summed E-state index contributed by atoms with van der Waals surface area (Å²) in [6.45, 7) is 3.73. The van der Waals surface area contributed by atoms with E-state index in [0.717, 1.165) is 5.56 Å². The van der Waals surface area contributed by atoms with Gasteiger partial charge in [-0.3, -0.25) is 9.69 Å². The predicted molar refractivity (Wildman–Crippen MR) is 80.9 cm³/mol. The first kappa shape index (κ1) is 13.9. The van der Waals surface area contributed by atoms with Gasteiger partial charge in [0.15, 0.2) is 0 Å². The van der Waals surface area contributed by atoms with Crippen LogP contribution in [0.15, 0.2) is 60.7 Å². The Labute approximate surface area is 120 Å². The van der Waals surface area contributed by atoms with E-state index in [0.29, 0.717) is 5.56 Å². The number of nitrogens with zero attached hydrogens (tertiary/aromatic N) is 1. The molecule has 2 nitrogen and oxygen atoms in total. The Morgan fingerprint density at radius 2 is 1.55 bits per heavy atom. The highest BCUT2D eigenvalue weighted by Crippen LogP contribution is 2.21. The molecule has 1 amide bonds. The predicted octanol–water partition coefficient (Wildman–Crippen LogP) is 3.87. The van der Waals surface area contributed by atoms with Crippen LogP contribution in [-0.4, -0.2) is 10.8 Å². The third-order valence-electron chi connectivity index (χ3n) is 3.14. The highest BCUT2D eigenvalue weighted by molar-refractivity contribution is 5.95. The monoisotopic (exact) mass is 263 g/mol. The minimum Gasteiger partial charge on any atom is -0.268 e. The van der Waals surface area contributed by atoms with Crippen LogP contribution in [0.3, 0.4) is 0 Å². The Bertz CT molecular complexity index is 623. The average Bonchev–Trinajstić information content (AvgIpc) is 2.53. The van der Waals surface area contributed by atoms with Gasteiger partial charge in [-0.2, -0.15) is 0 Å². The molecule has 0 bridgehead atoms. The maximum absolute atomic E-state index is 12.6. The molecule has 0 unspecified atom stereocenters. The first-order valence-electron chi connectivity index (χ1n) is 6.60. The van der Waals surface area contributed by atoms with E-state index in [9.17, 15) is 4.79 Å². The molecule has 20 heavy (non-hydrogen) atoms. The van der Waals surface area contributed by atoms with Crippen molar-refractivity contribution in [3.8, 4) is 12.0 Å². The lowest BCUT2D eigenvalue weighted by Gasteiger charge is -2.24. The van der Waals surface area contributed by atoms with Gasteiger partial charge in [0.05, 0.1) is 6.04 Å². The van der Waals surface area contributed by atoms with Crippen LogP contribution in [0.1, 0.15) is 35.8 Å². The van der Waals surface area contributed by atoms with Gasteiger partial charge >= 0.3 is 0 Å². The lowest BCUT2D eigenvalue weighted by atomic mass is 10.1. The van der Waals surface area contributed by atoms with Crippen LogP contribution in [0.5, 0.6) is 0 Å². The van der Waals surface area contributed by atoms with Crippen molar-refractivity contribution < 1.29 is 4.79 Å². The van der Waals surface area contributed by atoms with E-state index < -0.39 is 0 Å². The summed E-state index contributed by atoms with van der Waals surface area (Å²) in [5.41, 5.74) is 1.72. The van der Waals surface area contributed by atoms with Crippen molar-refractivity contribution in [2.45, 2.75) is 19.9 Å². The molecular weight excluding hydrogens is 246 g/mol. The largest absolute Gasteiger partial charge is 0.268 e. The van der Waals surface area contributed by atoms with Gasteiger partial charge in [0, 0.05) is 11.6 Å². The molecule has 0 heterocycles. The first-order chi connectivity index (χ1) is 9.74. The first-order valence-corrected chi connectivity index (χ1v) is 6.60. The van der Waals surface area contributed by atoms with E-state index in [1.807, 2.05) is 67.6 Å². The van der Waals surface area contributed by atoms with Crippen molar-refractivity contribution in [2.75, 3.05) is 0 Å². The van der Waals surface area contributed by atoms with Crippen LogP contribution in [0, 0.1) is 12.0 Å². The average molecular weight is 263 g/mol. The summed E-state index contributed by atoms with van der Waals surface area (Å²) in [5, 5.41) is 0. The van der Waals surface area contributed by atoms with Gasteiger partial charge in [-0.25, -0.2) is 0 Å². The molecule has 0 fully saturated rings. The zero-order chi connectivity index (χ0) is 14.4. The van der Waals surface area contributed by atoms with Crippen LogP contribution in [0.4, 0.5) is 0 Å². The smallest absolute Gasteiger partial charge is 0.265 e. The zero-order valence-corrected chi connectivity index (χ0v) is 11.7. The number of rotatable bonds is 3. The van der Waals surface area contributed by atoms with E-state index in [4.69, 9.17) is 0 Å². The summed E-state index contributed by atoms with van der Waals surface area (Å²) < 4.78 is 0. The molecule has 2 aromatic rings. The topological polar surface area (TPSA) is 20.3 Å². The van der Waals surface area contributed by atoms with Gasteiger partial charge in [-0.05, 0) is 31.5 Å². The summed E-state index contributed by atoms with van der Waals surface area (Å²) >= 11 is 0. The zero-order valence-electron chi connectivity index (χ0n) is 11.7. The van der Waals surface area contributed by atoms with Crippen molar-refractivity contribution in [1.29, 1.82) is 0 Å². The molecule has 0 aromatic heterocycles. The van der Waals surface area contributed by atoms with Gasteiger partial charge < -0.3 is 0 Å². The molecule has 0 aliphatic carbocycles. The van der Waals surface area contributed by atoms with Crippen molar-refractivity contribution in [2.24, 2.45) is 0 Å². The minimum atomic E-state index is -0.0867. The van der Waals surface area contributed by atoms with Crippen molar-refractivity contribution in [3.63, 3.8) is 0 Å². The number of benzene rings is 2. The van der Waals surface area contributed by atoms with E-state index in [1.165, 1.54) is 0 Å². The molecule has 2 rings (SSSR count). The van der Waals surface area contributed by atoms with E-state index in [2.05, 4.69) is 12.0 Å². The molecule has 2 aromatic carbocycles. The normalized spacial score (nSPS) is 11.1. The summed E-state index contributed by atoms with van der Waals surface area (Å²) in [4.78, 5) is 14.2. The number of carbonyl (C=O) groups excluding carboxylic acids is 1. The van der Waals surface area contributed by atoms with Gasteiger partial charge in [-0.15, -0.1) is 0 Å². The number of carbonyl (C=O) groups is 1. The number of amides is 1. The molecule has 0 aliphatic heterocycles. The van der Waals surface area contributed by atoms with Crippen LogP contribution >= 0.6 is 0 Å². The minimum absolute atomic E-state index is 0.0729. The van der Waals surface area contributed by atoms with Gasteiger partial charge in [0.25, 0.3) is 5.91 Å². The van der Waals surface area contributed by atoms with Crippen LogP contribution < -0.4 is 0 Å². The molecule has 2 heteroatoms. The molecule has 0 aliphatic rings. The molecule has 0 spiro atoms. The van der Waals surface area contributed by atoms with Crippen LogP contribution in [0.2, 0.25) is 0 Å². The second-order valence-electron chi connectivity index (χ2n) is 4.49. The number of hydrogen-bond donors (Lipinski definition) is 0. The van der Waals surface area contributed by atoms with Crippen LogP contribution in [-0.2, 0) is 0 Å². The van der Waals surface area contributed by atoms with E-state index in [1.54, 1.807) is 11.8 Å². The molecule has 1 atom stereocenters. The second-order valence-corrected chi connectivity index (χ2v) is 4.49. The molecular formula is C18H17NO. The SMILES string of the molecule is CC#CN(C(=O)c1ccccc1)[C@@H](C)c1ccccc1. The van der Waals surface area contributed by atoms with E-state index in [-0.39, 0.29) is 11.9 Å². The summed E-state index contributed by atoms with van der Waals surface area (Å²) in [6, 6.07) is 22.0. The molecule has 0 saturated heterocycles. The number of hydrogen-bond acceptors (Lipinski definition) is 1. The second kappa shape index (κ2) is 6.58. The van der Waals surface area contributed by atoms with Crippen molar-refractivity contribution >= 4 is 5.91 Å². The fourth-order valence-corrected chi connectivity index (χ4v) is 2.04. The quantitative estimate of drug-likeness (QED) is 0.608. The fourth-order valence-electron chi connectivity index (χ4n) is 2.04. The Kier molecular flexibility index (Phi) is 4.57. The van der Waals surface area contributed by atoms with Gasteiger partial charge in [0.1, 0.15) is 0 Å². The Balaban J connectivity index is 2.32. The van der Waals surface area contributed by atoms with Gasteiger partial charge in [0.2, 0.25) is 0 Å². The third-order valence-corrected chi connectivity index (χ3v) is 3.14. The van der Waals surface area contributed by atoms with Gasteiger partial charge in [-0.1, -0.05) is 54.5 Å². The summed E-state index contributed by atoms with van der Waals surface area (Å²) in [6.07, 6.45) is 0. The lowest BCUT2D eigenvalue weighted by Crippen LogP contribution is -2.29.